The highest BCUT2D eigenvalue weighted by molar-refractivity contribution is 7.92. The number of amides is 1. The summed E-state index contributed by atoms with van der Waals surface area (Å²) in [4.78, 5) is 12.4. The van der Waals surface area contributed by atoms with Gasteiger partial charge in [0.15, 0.2) is 0 Å². The highest BCUT2D eigenvalue weighted by atomic mass is 32.2. The minimum atomic E-state index is -3.74. The number of sulfonamides is 1. The molecule has 0 bridgehead atoms. The van der Waals surface area contributed by atoms with Crippen LogP contribution < -0.4 is 15.8 Å². The molecule has 0 spiro atoms. The van der Waals surface area contributed by atoms with E-state index in [-0.39, 0.29) is 29.2 Å². The lowest BCUT2D eigenvalue weighted by atomic mass is 9.95. The Labute approximate surface area is 146 Å². The molecule has 6 nitrogen and oxygen atoms in total. The summed E-state index contributed by atoms with van der Waals surface area (Å²) >= 11 is 0. The average Bonchev–Trinajstić information content (AvgIpc) is 3.00. The van der Waals surface area contributed by atoms with Crippen LogP contribution in [0.2, 0.25) is 0 Å². The Kier molecular flexibility index (Phi) is 6.34. The topological polar surface area (TPSA) is 101 Å². The van der Waals surface area contributed by atoms with Crippen molar-refractivity contribution in [1.29, 1.82) is 0 Å². The van der Waals surface area contributed by atoms with Crippen LogP contribution in [0.5, 0.6) is 0 Å². The summed E-state index contributed by atoms with van der Waals surface area (Å²) in [6, 6.07) is 1.51. The number of halogens is 2. The number of carbonyl (C=O) groups excluding carboxylic acids is 1. The zero-order valence-electron chi connectivity index (χ0n) is 14.0. The molecular formula is C16H23F2N3O3S. The maximum Gasteiger partial charge on any atom is 0.232 e. The molecule has 25 heavy (non-hydrogen) atoms. The second-order valence-electron chi connectivity index (χ2n) is 6.26. The molecule has 1 amide bonds. The van der Waals surface area contributed by atoms with Gasteiger partial charge in [-0.05, 0) is 37.8 Å². The monoisotopic (exact) mass is 375 g/mol. The van der Waals surface area contributed by atoms with E-state index in [1.807, 2.05) is 0 Å². The summed E-state index contributed by atoms with van der Waals surface area (Å²) in [5.41, 5.74) is 4.99. The number of carbonyl (C=O) groups is 1. The number of anilines is 2. The van der Waals surface area contributed by atoms with Gasteiger partial charge in [0.25, 0.3) is 0 Å². The number of nitrogens with one attached hydrogen (secondary N) is 2. The number of hydrogen-bond acceptors (Lipinski definition) is 4. The lowest BCUT2D eigenvalue weighted by molar-refractivity contribution is -0.120. The van der Waals surface area contributed by atoms with Gasteiger partial charge in [0, 0.05) is 12.0 Å². The Balaban J connectivity index is 2.21. The van der Waals surface area contributed by atoms with Gasteiger partial charge in [-0.1, -0.05) is 13.3 Å². The third-order valence-corrected chi connectivity index (χ3v) is 5.83. The van der Waals surface area contributed by atoms with Crippen molar-refractivity contribution >= 4 is 27.3 Å². The van der Waals surface area contributed by atoms with Crippen molar-refractivity contribution in [1.82, 2.24) is 0 Å². The fraction of sp³-hybridized carbons (Fsp3) is 0.562. The molecule has 0 aromatic heterocycles. The first-order valence-electron chi connectivity index (χ1n) is 8.28. The number of rotatable bonds is 7. The van der Waals surface area contributed by atoms with E-state index in [2.05, 4.69) is 10.0 Å². The summed E-state index contributed by atoms with van der Waals surface area (Å²) < 4.78 is 53.5. The number of nitrogens with two attached hydrogens (primary N) is 1. The molecule has 0 saturated heterocycles. The molecule has 1 fully saturated rings. The van der Waals surface area contributed by atoms with Crippen LogP contribution in [0.15, 0.2) is 12.1 Å². The van der Waals surface area contributed by atoms with Crippen LogP contribution >= 0.6 is 0 Å². The second-order valence-corrected chi connectivity index (χ2v) is 8.10. The third-order valence-electron chi connectivity index (χ3n) is 4.35. The van der Waals surface area contributed by atoms with Crippen LogP contribution in [-0.2, 0) is 14.8 Å². The molecule has 2 rings (SSSR count). The first-order chi connectivity index (χ1) is 11.8. The minimum Gasteiger partial charge on any atom is -0.330 e. The van der Waals surface area contributed by atoms with E-state index in [1.54, 1.807) is 6.92 Å². The zero-order valence-corrected chi connectivity index (χ0v) is 14.8. The standard InChI is InChI=1S/C16H23F2N3O3S/c1-2-6-25(23,24)21-15-8-14(12(17)7-13(15)18)20-16(22)11-5-3-4-10(11)9-19/h7-8,10-11,21H,2-6,9,19H2,1H3,(H,20,22)/t10-,11-/m1/s1. The lowest BCUT2D eigenvalue weighted by Gasteiger charge is -2.18. The Morgan fingerprint density at radius 2 is 1.92 bits per heavy atom. The number of hydrogen-bond donors (Lipinski definition) is 3. The van der Waals surface area contributed by atoms with Gasteiger partial charge in [-0.15, -0.1) is 0 Å². The molecule has 2 atom stereocenters. The van der Waals surface area contributed by atoms with Gasteiger partial charge in [0.2, 0.25) is 15.9 Å². The molecule has 0 aliphatic heterocycles. The molecule has 0 radical (unpaired) electrons. The number of benzene rings is 1. The van der Waals surface area contributed by atoms with Gasteiger partial charge in [-0.2, -0.15) is 0 Å². The summed E-state index contributed by atoms with van der Waals surface area (Å²) in [6.45, 7) is 2.04. The second kappa shape index (κ2) is 8.09. The highest BCUT2D eigenvalue weighted by Crippen LogP contribution is 2.33. The van der Waals surface area contributed by atoms with Gasteiger partial charge in [-0.3, -0.25) is 9.52 Å². The SMILES string of the molecule is CCCS(=O)(=O)Nc1cc(NC(=O)[C@@H]2CCC[C@@H]2CN)c(F)cc1F. The molecule has 9 heteroatoms. The first kappa shape index (κ1) is 19.6. The highest BCUT2D eigenvalue weighted by Gasteiger charge is 2.32. The van der Waals surface area contributed by atoms with E-state index in [1.165, 1.54) is 0 Å². The smallest absolute Gasteiger partial charge is 0.232 e. The van der Waals surface area contributed by atoms with E-state index >= 15 is 0 Å². The van der Waals surface area contributed by atoms with E-state index in [0.29, 0.717) is 25.5 Å². The van der Waals surface area contributed by atoms with Gasteiger partial charge in [0.05, 0.1) is 17.1 Å². The molecule has 0 heterocycles. The molecule has 1 aromatic carbocycles. The van der Waals surface area contributed by atoms with Crippen LogP contribution in [0.3, 0.4) is 0 Å². The average molecular weight is 375 g/mol. The van der Waals surface area contributed by atoms with Crippen LogP contribution in [0, 0.1) is 23.5 Å². The first-order valence-corrected chi connectivity index (χ1v) is 9.93. The lowest BCUT2D eigenvalue weighted by Crippen LogP contribution is -2.30. The molecule has 1 saturated carbocycles. The Morgan fingerprint density at radius 1 is 1.24 bits per heavy atom. The van der Waals surface area contributed by atoms with E-state index in [9.17, 15) is 22.0 Å². The predicted molar refractivity (Wildman–Crippen MR) is 92.6 cm³/mol. The molecule has 0 unspecified atom stereocenters. The Hall–Kier alpha value is -1.74. The van der Waals surface area contributed by atoms with Crippen LogP contribution in [-0.4, -0.2) is 26.6 Å². The van der Waals surface area contributed by atoms with Crippen molar-refractivity contribution in [2.24, 2.45) is 17.6 Å². The normalized spacial score (nSPS) is 20.5. The summed E-state index contributed by atoms with van der Waals surface area (Å²) in [5.74, 6) is -2.88. The van der Waals surface area contributed by atoms with Crippen molar-refractivity contribution in [2.75, 3.05) is 22.3 Å². The van der Waals surface area contributed by atoms with Crippen molar-refractivity contribution in [2.45, 2.75) is 32.6 Å². The maximum absolute atomic E-state index is 14.0. The maximum atomic E-state index is 14.0. The van der Waals surface area contributed by atoms with Gasteiger partial charge in [0.1, 0.15) is 11.6 Å². The van der Waals surface area contributed by atoms with Crippen molar-refractivity contribution in [3.05, 3.63) is 23.8 Å². The van der Waals surface area contributed by atoms with Gasteiger partial charge in [-0.25, -0.2) is 17.2 Å². The van der Waals surface area contributed by atoms with Gasteiger partial charge >= 0.3 is 0 Å². The van der Waals surface area contributed by atoms with E-state index in [0.717, 1.165) is 18.9 Å². The Morgan fingerprint density at radius 3 is 2.56 bits per heavy atom. The molecule has 4 N–H and O–H groups in total. The van der Waals surface area contributed by atoms with Crippen molar-refractivity contribution in [3.8, 4) is 0 Å². The van der Waals surface area contributed by atoms with Crippen molar-refractivity contribution in [3.63, 3.8) is 0 Å². The largest absolute Gasteiger partial charge is 0.330 e. The quantitative estimate of drug-likeness (QED) is 0.681. The zero-order chi connectivity index (χ0) is 18.6. The van der Waals surface area contributed by atoms with E-state index < -0.39 is 27.3 Å². The summed E-state index contributed by atoms with van der Waals surface area (Å²) in [5, 5.41) is 2.43. The van der Waals surface area contributed by atoms with E-state index in [4.69, 9.17) is 5.73 Å². The fourth-order valence-electron chi connectivity index (χ4n) is 3.10. The molecule has 1 aromatic rings. The minimum absolute atomic E-state index is 0.0334. The molecule has 1 aliphatic carbocycles. The van der Waals surface area contributed by atoms with Crippen LogP contribution in [0.1, 0.15) is 32.6 Å². The summed E-state index contributed by atoms with van der Waals surface area (Å²) in [6.07, 6.45) is 2.72. The van der Waals surface area contributed by atoms with Crippen LogP contribution in [0.25, 0.3) is 0 Å². The van der Waals surface area contributed by atoms with Gasteiger partial charge < -0.3 is 11.1 Å². The van der Waals surface area contributed by atoms with Crippen LogP contribution in [0.4, 0.5) is 20.2 Å². The van der Waals surface area contributed by atoms with Crippen molar-refractivity contribution < 1.29 is 22.0 Å². The third kappa shape index (κ3) is 4.88. The predicted octanol–water partition coefficient (Wildman–Crippen LogP) is 2.43. The Bertz CT molecular complexity index is 740. The molecular weight excluding hydrogens is 352 g/mol. The summed E-state index contributed by atoms with van der Waals surface area (Å²) in [7, 11) is -3.74. The fourth-order valence-corrected chi connectivity index (χ4v) is 4.23. The molecule has 140 valence electrons. The molecule has 1 aliphatic rings.